The molecule has 1 aliphatic heterocycles. The van der Waals surface area contributed by atoms with Crippen molar-refractivity contribution in [2.24, 2.45) is 0 Å². The zero-order chi connectivity index (χ0) is 14.9. The highest BCUT2D eigenvalue weighted by Gasteiger charge is 2.54. The fourth-order valence-corrected chi connectivity index (χ4v) is 2.53. The molecule has 0 amide bonds. The van der Waals surface area contributed by atoms with E-state index in [1.165, 1.54) is 12.3 Å². The van der Waals surface area contributed by atoms with Gasteiger partial charge in [-0.2, -0.15) is 4.98 Å². The summed E-state index contributed by atoms with van der Waals surface area (Å²) in [6.07, 6.45) is -1.39. The van der Waals surface area contributed by atoms with Crippen LogP contribution in [0.3, 0.4) is 0 Å². The van der Waals surface area contributed by atoms with Crippen molar-refractivity contribution in [1.29, 1.82) is 0 Å². The van der Waals surface area contributed by atoms with E-state index < -0.39 is 36.3 Å². The molecule has 8 heteroatoms. The van der Waals surface area contributed by atoms with Gasteiger partial charge in [0.05, 0.1) is 6.61 Å². The zero-order valence-electron chi connectivity index (χ0n) is 11.1. The first-order valence-electron chi connectivity index (χ1n) is 6.44. The smallest absolute Gasteiger partial charge is 0.351 e. The third-order valence-electron chi connectivity index (χ3n) is 3.58. The first-order valence-corrected chi connectivity index (χ1v) is 6.44. The first-order chi connectivity index (χ1) is 9.45. The van der Waals surface area contributed by atoms with Gasteiger partial charge in [-0.15, -0.1) is 0 Å². The molecule has 112 valence electrons. The average Bonchev–Trinajstić information content (AvgIpc) is 2.65. The van der Waals surface area contributed by atoms with Gasteiger partial charge in [-0.1, -0.05) is 13.3 Å². The van der Waals surface area contributed by atoms with E-state index in [1.54, 1.807) is 0 Å². The lowest BCUT2D eigenvalue weighted by Crippen LogP contribution is -2.46. The molecule has 5 N–H and O–H groups in total. The molecule has 0 radical (unpaired) electrons. The van der Waals surface area contributed by atoms with Gasteiger partial charge in [-0.05, 0) is 12.5 Å². The molecule has 0 aliphatic carbocycles. The Hall–Kier alpha value is -1.48. The van der Waals surface area contributed by atoms with E-state index in [-0.39, 0.29) is 5.82 Å². The third kappa shape index (κ3) is 2.31. The van der Waals surface area contributed by atoms with Crippen LogP contribution in [0.15, 0.2) is 17.1 Å². The molecule has 1 aromatic heterocycles. The highest BCUT2D eigenvalue weighted by molar-refractivity contribution is 5.23. The number of nitrogen functional groups attached to an aromatic ring is 1. The number of nitrogens with zero attached hydrogens (tertiary/aromatic N) is 2. The van der Waals surface area contributed by atoms with Crippen LogP contribution in [-0.2, 0) is 4.74 Å². The number of hydrogen-bond acceptors (Lipinski definition) is 7. The Labute approximate surface area is 115 Å². The molecule has 1 aliphatic rings. The van der Waals surface area contributed by atoms with Gasteiger partial charge in [0.25, 0.3) is 0 Å². The molecule has 2 rings (SSSR count). The summed E-state index contributed by atoms with van der Waals surface area (Å²) in [6.45, 7) is 1.41. The second-order valence-electron chi connectivity index (χ2n) is 4.96. The Kier molecular flexibility index (Phi) is 4.09. The molecule has 0 spiro atoms. The molecule has 4 unspecified atom stereocenters. The van der Waals surface area contributed by atoms with E-state index in [2.05, 4.69) is 4.98 Å². The molecule has 2 heterocycles. The van der Waals surface area contributed by atoms with Gasteiger partial charge in [0.2, 0.25) is 0 Å². The summed E-state index contributed by atoms with van der Waals surface area (Å²) in [5, 5.41) is 29.7. The molecule has 1 aromatic rings. The van der Waals surface area contributed by atoms with Crippen molar-refractivity contribution in [3.05, 3.63) is 22.7 Å². The SMILES string of the molecule is CCCC1(CO)OC(n2ccc(N)nc2=O)C(O)C1O. The monoisotopic (exact) mass is 285 g/mol. The summed E-state index contributed by atoms with van der Waals surface area (Å²) >= 11 is 0. The van der Waals surface area contributed by atoms with Crippen molar-refractivity contribution in [3.8, 4) is 0 Å². The summed E-state index contributed by atoms with van der Waals surface area (Å²) < 4.78 is 6.65. The Bertz CT molecular complexity index is 534. The van der Waals surface area contributed by atoms with Crippen molar-refractivity contribution in [3.63, 3.8) is 0 Å². The molecule has 20 heavy (non-hydrogen) atoms. The van der Waals surface area contributed by atoms with Crippen LogP contribution in [-0.4, -0.2) is 49.3 Å². The quantitative estimate of drug-likeness (QED) is 0.535. The van der Waals surface area contributed by atoms with Crippen molar-refractivity contribution < 1.29 is 20.1 Å². The minimum absolute atomic E-state index is 0.0567. The predicted octanol–water partition coefficient (Wildman–Crippen LogP) is -1.39. The lowest BCUT2D eigenvalue weighted by Gasteiger charge is -2.29. The summed E-state index contributed by atoms with van der Waals surface area (Å²) in [5.74, 6) is 0.0567. The van der Waals surface area contributed by atoms with Crippen LogP contribution in [0.1, 0.15) is 26.0 Å². The highest BCUT2D eigenvalue weighted by atomic mass is 16.6. The maximum Gasteiger partial charge on any atom is 0.351 e. The molecular formula is C12H19N3O5. The second kappa shape index (κ2) is 5.49. The Morgan fingerprint density at radius 2 is 2.25 bits per heavy atom. The van der Waals surface area contributed by atoms with E-state index in [9.17, 15) is 20.1 Å². The number of anilines is 1. The topological polar surface area (TPSA) is 131 Å². The number of ether oxygens (including phenoxy) is 1. The van der Waals surface area contributed by atoms with Gasteiger partial charge in [0, 0.05) is 6.20 Å². The van der Waals surface area contributed by atoms with Gasteiger partial charge in [-0.25, -0.2) is 4.79 Å². The fraction of sp³-hybridized carbons (Fsp3) is 0.667. The third-order valence-corrected chi connectivity index (χ3v) is 3.58. The Morgan fingerprint density at radius 1 is 1.55 bits per heavy atom. The minimum Gasteiger partial charge on any atom is -0.393 e. The Balaban J connectivity index is 2.37. The summed E-state index contributed by atoms with van der Waals surface area (Å²) in [4.78, 5) is 15.3. The first kappa shape index (κ1) is 14.9. The number of nitrogens with two attached hydrogens (primary N) is 1. The number of aliphatic hydroxyl groups excluding tert-OH is 3. The summed E-state index contributed by atoms with van der Waals surface area (Å²) in [7, 11) is 0. The van der Waals surface area contributed by atoms with Crippen molar-refractivity contribution in [2.75, 3.05) is 12.3 Å². The van der Waals surface area contributed by atoms with Crippen molar-refractivity contribution in [1.82, 2.24) is 9.55 Å². The zero-order valence-corrected chi connectivity index (χ0v) is 11.1. The van der Waals surface area contributed by atoms with E-state index in [0.29, 0.717) is 12.8 Å². The van der Waals surface area contributed by atoms with Gasteiger partial charge in [0.15, 0.2) is 6.23 Å². The molecule has 0 aromatic carbocycles. The maximum atomic E-state index is 11.8. The lowest BCUT2D eigenvalue weighted by atomic mass is 9.91. The standard InChI is InChI=1S/C12H19N3O5/c1-2-4-12(6-16)9(18)8(17)10(20-12)15-5-3-7(13)14-11(15)19/h3,5,8-10,16-18H,2,4,6H2,1H3,(H2,13,14,19). The van der Waals surface area contributed by atoms with Crippen LogP contribution in [0.5, 0.6) is 0 Å². The second-order valence-corrected chi connectivity index (χ2v) is 4.96. The molecule has 1 fully saturated rings. The lowest BCUT2D eigenvalue weighted by molar-refractivity contribution is -0.133. The van der Waals surface area contributed by atoms with Gasteiger partial charge < -0.3 is 25.8 Å². The molecule has 8 nitrogen and oxygen atoms in total. The highest BCUT2D eigenvalue weighted by Crippen LogP contribution is 2.39. The van der Waals surface area contributed by atoms with E-state index in [4.69, 9.17) is 10.5 Å². The predicted molar refractivity (Wildman–Crippen MR) is 69.8 cm³/mol. The van der Waals surface area contributed by atoms with Crippen molar-refractivity contribution >= 4 is 5.82 Å². The number of rotatable bonds is 4. The molecule has 0 saturated carbocycles. The van der Waals surface area contributed by atoms with Gasteiger partial charge in [-0.3, -0.25) is 4.57 Å². The largest absolute Gasteiger partial charge is 0.393 e. The van der Waals surface area contributed by atoms with Gasteiger partial charge >= 0.3 is 5.69 Å². The van der Waals surface area contributed by atoms with Crippen LogP contribution in [0.25, 0.3) is 0 Å². The van der Waals surface area contributed by atoms with Crippen LogP contribution in [0.4, 0.5) is 5.82 Å². The number of hydrogen-bond donors (Lipinski definition) is 4. The molecule has 4 atom stereocenters. The fourth-order valence-electron chi connectivity index (χ4n) is 2.53. The van der Waals surface area contributed by atoms with Crippen LogP contribution < -0.4 is 11.4 Å². The molecule has 1 saturated heterocycles. The van der Waals surface area contributed by atoms with Gasteiger partial charge in [0.1, 0.15) is 23.6 Å². The van der Waals surface area contributed by atoms with Crippen molar-refractivity contribution in [2.45, 2.75) is 43.8 Å². The van der Waals surface area contributed by atoms with E-state index in [1.807, 2.05) is 6.92 Å². The summed E-state index contributed by atoms with van der Waals surface area (Å²) in [5.41, 5.74) is 3.43. The van der Waals surface area contributed by atoms with E-state index in [0.717, 1.165) is 4.57 Å². The average molecular weight is 285 g/mol. The van der Waals surface area contributed by atoms with Crippen LogP contribution >= 0.6 is 0 Å². The summed E-state index contributed by atoms with van der Waals surface area (Å²) in [6, 6.07) is 1.39. The van der Waals surface area contributed by atoms with Crippen LogP contribution in [0, 0.1) is 0 Å². The molecular weight excluding hydrogens is 266 g/mol. The normalized spacial score (nSPS) is 33.5. The maximum absolute atomic E-state index is 11.8. The molecule has 0 bridgehead atoms. The Morgan fingerprint density at radius 3 is 2.80 bits per heavy atom. The number of aliphatic hydroxyl groups is 3. The minimum atomic E-state index is -1.34. The van der Waals surface area contributed by atoms with E-state index >= 15 is 0 Å². The number of aromatic nitrogens is 2. The van der Waals surface area contributed by atoms with Crippen LogP contribution in [0.2, 0.25) is 0 Å².